The van der Waals surface area contributed by atoms with Crippen molar-refractivity contribution in [3.63, 3.8) is 0 Å². The summed E-state index contributed by atoms with van der Waals surface area (Å²) in [6.07, 6.45) is 0. The van der Waals surface area contributed by atoms with E-state index < -0.39 is 0 Å². The van der Waals surface area contributed by atoms with Gasteiger partial charge in [0.25, 0.3) is 5.91 Å². The number of hydrogen-bond acceptors (Lipinski definition) is 5. The minimum absolute atomic E-state index is 0.248. The predicted molar refractivity (Wildman–Crippen MR) is 115 cm³/mol. The topological polar surface area (TPSA) is 62.1 Å². The number of methoxy groups -OCH3 is 2. The molecule has 0 bridgehead atoms. The fraction of sp³-hybridized carbons (Fsp3) is 0.364. The zero-order chi connectivity index (χ0) is 21.0. The van der Waals surface area contributed by atoms with Gasteiger partial charge in [0, 0.05) is 30.8 Å². The highest BCUT2D eigenvalue weighted by atomic mass is 32.1. The average Bonchev–Trinajstić information content (AvgIpc) is 3.04. The fourth-order valence-electron chi connectivity index (χ4n) is 3.11. The van der Waals surface area contributed by atoms with E-state index in [1.165, 1.54) is 11.3 Å². The van der Waals surface area contributed by atoms with Gasteiger partial charge in [-0.3, -0.25) is 4.79 Å². The van der Waals surface area contributed by atoms with Gasteiger partial charge in [0.15, 0.2) is 16.3 Å². The van der Waals surface area contributed by atoms with Crippen LogP contribution in [0.5, 0.6) is 11.5 Å². The van der Waals surface area contributed by atoms with E-state index in [0.717, 1.165) is 21.3 Å². The molecule has 0 aliphatic heterocycles. The minimum atomic E-state index is -0.248. The Hall–Kier alpha value is -2.64. The first-order chi connectivity index (χ1) is 14.0. The van der Waals surface area contributed by atoms with Gasteiger partial charge in [-0.15, -0.1) is 0 Å². The molecule has 0 saturated carbocycles. The van der Waals surface area contributed by atoms with Crippen LogP contribution in [0.4, 0.5) is 0 Å². The maximum atomic E-state index is 12.9. The van der Waals surface area contributed by atoms with E-state index in [9.17, 15) is 4.79 Å². The van der Waals surface area contributed by atoms with Crippen molar-refractivity contribution in [2.45, 2.75) is 27.3 Å². The van der Waals surface area contributed by atoms with Gasteiger partial charge in [-0.25, -0.2) is 0 Å². The number of hydrogen-bond donors (Lipinski definition) is 0. The molecule has 0 aliphatic rings. The van der Waals surface area contributed by atoms with Gasteiger partial charge in [-0.1, -0.05) is 29.0 Å². The van der Waals surface area contributed by atoms with Crippen LogP contribution in [0, 0.1) is 13.8 Å². The van der Waals surface area contributed by atoms with Crippen molar-refractivity contribution in [2.24, 2.45) is 4.99 Å². The highest BCUT2D eigenvalue weighted by molar-refractivity contribution is 7.16. The first-order valence-electron chi connectivity index (χ1n) is 9.47. The van der Waals surface area contributed by atoms with Crippen molar-refractivity contribution < 1.29 is 19.0 Å². The van der Waals surface area contributed by atoms with Crippen LogP contribution in [0.1, 0.15) is 28.4 Å². The van der Waals surface area contributed by atoms with Crippen LogP contribution in [-0.4, -0.2) is 37.9 Å². The molecule has 0 unspecified atom stereocenters. The molecule has 1 aromatic heterocycles. The van der Waals surface area contributed by atoms with Gasteiger partial charge in [-0.2, -0.15) is 4.99 Å². The van der Waals surface area contributed by atoms with Crippen molar-refractivity contribution in [3.05, 3.63) is 51.8 Å². The third kappa shape index (κ3) is 4.52. The number of benzene rings is 2. The molecule has 1 heterocycles. The maximum Gasteiger partial charge on any atom is 0.279 e. The second-order valence-corrected chi connectivity index (χ2v) is 7.65. The Morgan fingerprint density at radius 3 is 2.52 bits per heavy atom. The number of aromatic nitrogens is 1. The van der Waals surface area contributed by atoms with Crippen LogP contribution < -0.4 is 14.3 Å². The zero-order valence-corrected chi connectivity index (χ0v) is 18.3. The second kappa shape index (κ2) is 9.24. The quantitative estimate of drug-likeness (QED) is 0.546. The highest BCUT2D eigenvalue weighted by Gasteiger charge is 2.14. The largest absolute Gasteiger partial charge is 0.493 e. The Morgan fingerprint density at radius 1 is 1.10 bits per heavy atom. The number of fused-ring (bicyclic) bond motifs is 1. The number of rotatable bonds is 7. The van der Waals surface area contributed by atoms with E-state index in [-0.39, 0.29) is 5.91 Å². The molecule has 0 radical (unpaired) electrons. The molecule has 6 nitrogen and oxygen atoms in total. The predicted octanol–water partition coefficient (Wildman–Crippen LogP) is 4.11. The lowest BCUT2D eigenvalue weighted by Gasteiger charge is -2.09. The summed E-state index contributed by atoms with van der Waals surface area (Å²) in [5.74, 6) is 1.03. The van der Waals surface area contributed by atoms with Gasteiger partial charge in [0.1, 0.15) is 0 Å². The normalized spacial score (nSPS) is 11.8. The third-order valence-corrected chi connectivity index (χ3v) is 5.71. The van der Waals surface area contributed by atoms with Crippen molar-refractivity contribution in [2.75, 3.05) is 27.4 Å². The number of carbonyl (C=O) groups is 1. The van der Waals surface area contributed by atoms with E-state index in [1.54, 1.807) is 14.2 Å². The molecule has 0 N–H and O–H groups in total. The molecule has 154 valence electrons. The first-order valence-corrected chi connectivity index (χ1v) is 10.3. The van der Waals surface area contributed by atoms with E-state index in [4.69, 9.17) is 14.2 Å². The van der Waals surface area contributed by atoms with Crippen LogP contribution in [0.2, 0.25) is 0 Å². The van der Waals surface area contributed by atoms with E-state index >= 15 is 0 Å². The smallest absolute Gasteiger partial charge is 0.279 e. The molecule has 0 fully saturated rings. The summed E-state index contributed by atoms with van der Waals surface area (Å²) >= 11 is 1.45. The summed E-state index contributed by atoms with van der Waals surface area (Å²) < 4.78 is 19.4. The number of amides is 1. The molecule has 2 aromatic carbocycles. The van der Waals surface area contributed by atoms with Gasteiger partial charge < -0.3 is 18.8 Å². The van der Waals surface area contributed by atoms with Crippen molar-refractivity contribution in [3.8, 4) is 11.5 Å². The summed E-state index contributed by atoms with van der Waals surface area (Å²) in [6.45, 7) is 7.60. The summed E-state index contributed by atoms with van der Waals surface area (Å²) in [4.78, 5) is 18.0. The lowest BCUT2D eigenvalue weighted by atomic mass is 10.1. The Kier molecular flexibility index (Phi) is 6.71. The summed E-state index contributed by atoms with van der Waals surface area (Å²) in [6, 6.07) is 9.65. The molecule has 3 rings (SSSR count). The SMILES string of the molecule is CCOCCn1c(=NC(=O)c2cc(C)ccc2C)sc2cc(OC)c(OC)cc21. The molecule has 7 heteroatoms. The minimum Gasteiger partial charge on any atom is -0.493 e. The molecular weight excluding hydrogens is 388 g/mol. The van der Waals surface area contributed by atoms with E-state index in [0.29, 0.717) is 41.6 Å². The Bertz CT molecular complexity index is 1100. The van der Waals surface area contributed by atoms with Crippen LogP contribution in [0.3, 0.4) is 0 Å². The monoisotopic (exact) mass is 414 g/mol. The van der Waals surface area contributed by atoms with Gasteiger partial charge in [0.2, 0.25) is 0 Å². The lowest BCUT2D eigenvalue weighted by Crippen LogP contribution is -2.20. The molecule has 29 heavy (non-hydrogen) atoms. The van der Waals surface area contributed by atoms with Gasteiger partial charge in [-0.05, 0) is 32.4 Å². The lowest BCUT2D eigenvalue weighted by molar-refractivity contribution is 0.0996. The fourth-order valence-corrected chi connectivity index (χ4v) is 4.18. The van der Waals surface area contributed by atoms with Crippen LogP contribution in [0.15, 0.2) is 35.3 Å². The summed E-state index contributed by atoms with van der Waals surface area (Å²) in [5.41, 5.74) is 3.49. The number of nitrogens with zero attached hydrogens (tertiary/aromatic N) is 2. The molecule has 1 amide bonds. The molecule has 0 atom stereocenters. The first kappa shape index (κ1) is 21.1. The van der Waals surface area contributed by atoms with Gasteiger partial charge in [0.05, 0.1) is 31.0 Å². The second-order valence-electron chi connectivity index (χ2n) is 6.64. The Morgan fingerprint density at radius 2 is 1.83 bits per heavy atom. The number of aryl methyl sites for hydroxylation is 2. The maximum absolute atomic E-state index is 12.9. The molecule has 0 saturated heterocycles. The van der Waals surface area contributed by atoms with Crippen molar-refractivity contribution >= 4 is 27.5 Å². The van der Waals surface area contributed by atoms with E-state index in [2.05, 4.69) is 4.99 Å². The Labute approximate surface area is 174 Å². The van der Waals surface area contributed by atoms with Gasteiger partial charge >= 0.3 is 0 Å². The average molecular weight is 415 g/mol. The Balaban J connectivity index is 2.16. The highest BCUT2D eigenvalue weighted by Crippen LogP contribution is 2.33. The number of thiazole rings is 1. The third-order valence-electron chi connectivity index (χ3n) is 4.67. The molecule has 0 spiro atoms. The number of carbonyl (C=O) groups excluding carboxylic acids is 1. The summed E-state index contributed by atoms with van der Waals surface area (Å²) in [7, 11) is 3.21. The van der Waals surface area contributed by atoms with Crippen LogP contribution in [0.25, 0.3) is 10.2 Å². The van der Waals surface area contributed by atoms with E-state index in [1.807, 2.05) is 55.7 Å². The van der Waals surface area contributed by atoms with Crippen LogP contribution in [-0.2, 0) is 11.3 Å². The van der Waals surface area contributed by atoms with Crippen molar-refractivity contribution in [1.82, 2.24) is 4.57 Å². The standard InChI is InChI=1S/C22H26N2O4S/c1-6-28-10-9-24-17-12-18(26-4)19(27-5)13-20(17)29-22(24)23-21(25)16-11-14(2)7-8-15(16)3/h7-8,11-13H,6,9-10H2,1-5H3. The molecular formula is C22H26N2O4S. The van der Waals surface area contributed by atoms with Crippen molar-refractivity contribution in [1.29, 1.82) is 0 Å². The van der Waals surface area contributed by atoms with Crippen LogP contribution >= 0.6 is 11.3 Å². The zero-order valence-electron chi connectivity index (χ0n) is 17.4. The number of ether oxygens (including phenoxy) is 3. The molecule has 3 aromatic rings. The molecule has 0 aliphatic carbocycles. The summed E-state index contributed by atoms with van der Waals surface area (Å²) in [5, 5.41) is 0.